The summed E-state index contributed by atoms with van der Waals surface area (Å²) in [7, 11) is 0. The Bertz CT molecular complexity index is 1290. The van der Waals surface area contributed by atoms with Gasteiger partial charge in [-0.05, 0) is 59.9 Å². The predicted octanol–water partition coefficient (Wildman–Crippen LogP) is 7.09. The highest BCUT2D eigenvalue weighted by Gasteiger charge is 2.50. The van der Waals surface area contributed by atoms with Gasteiger partial charge in [-0.15, -0.1) is 23.4 Å². The van der Waals surface area contributed by atoms with Crippen molar-refractivity contribution in [3.8, 4) is 0 Å². The number of thioether (sulfide) groups is 1. The zero-order chi connectivity index (χ0) is 24.0. The minimum Gasteiger partial charge on any atom is -0.478 e. The van der Waals surface area contributed by atoms with Crippen molar-refractivity contribution < 1.29 is 14.8 Å². The van der Waals surface area contributed by atoms with E-state index in [1.165, 1.54) is 17.8 Å². The molecule has 34 heavy (non-hydrogen) atoms. The van der Waals surface area contributed by atoms with Gasteiger partial charge in [-0.1, -0.05) is 40.2 Å². The van der Waals surface area contributed by atoms with Crippen molar-refractivity contribution in [3.05, 3.63) is 98.0 Å². The molecule has 1 saturated carbocycles. The highest BCUT2D eigenvalue weighted by Crippen LogP contribution is 2.58. The molecule has 1 aliphatic heterocycles. The second-order valence-electron chi connectivity index (χ2n) is 8.54. The molecule has 1 fully saturated rings. The number of nitro benzene ring substituents is 1. The molecule has 1 aliphatic carbocycles. The Morgan fingerprint density at radius 2 is 1.94 bits per heavy atom. The van der Waals surface area contributed by atoms with E-state index in [0.717, 1.165) is 27.7 Å². The fraction of sp³-hybridized carbons (Fsp3) is 0.240. The van der Waals surface area contributed by atoms with Crippen molar-refractivity contribution in [1.29, 1.82) is 0 Å². The van der Waals surface area contributed by atoms with E-state index in [9.17, 15) is 20.0 Å². The van der Waals surface area contributed by atoms with Crippen molar-refractivity contribution in [2.45, 2.75) is 33.9 Å². The number of hydrogen-bond acceptors (Lipinski definition) is 5. The summed E-state index contributed by atoms with van der Waals surface area (Å²) in [4.78, 5) is 23.4. The number of alkyl halides is 1. The van der Waals surface area contributed by atoms with Crippen LogP contribution in [0.15, 0.2) is 76.1 Å². The molecule has 0 unspecified atom stereocenters. The second kappa shape index (κ2) is 9.24. The summed E-state index contributed by atoms with van der Waals surface area (Å²) in [5, 5.41) is 24.3. The van der Waals surface area contributed by atoms with E-state index in [1.807, 2.05) is 18.2 Å². The van der Waals surface area contributed by atoms with Crippen LogP contribution in [-0.4, -0.2) is 26.6 Å². The van der Waals surface area contributed by atoms with Gasteiger partial charge in [0.05, 0.1) is 26.8 Å². The molecule has 2 N–H and O–H groups in total. The van der Waals surface area contributed by atoms with Gasteiger partial charge in [-0.25, -0.2) is 4.79 Å². The van der Waals surface area contributed by atoms with Crippen LogP contribution in [0.1, 0.15) is 39.9 Å². The van der Waals surface area contributed by atoms with E-state index in [-0.39, 0.29) is 44.7 Å². The van der Waals surface area contributed by atoms with Gasteiger partial charge in [0.25, 0.3) is 5.69 Å². The van der Waals surface area contributed by atoms with Gasteiger partial charge in [0.2, 0.25) is 0 Å². The highest BCUT2D eigenvalue weighted by molar-refractivity contribution is 9.10. The van der Waals surface area contributed by atoms with Crippen LogP contribution in [0.4, 0.5) is 11.4 Å². The summed E-state index contributed by atoms with van der Waals surface area (Å²) in [5.74, 6) is -0.988. The molecule has 0 saturated heterocycles. The average Bonchev–Trinajstić information content (AvgIpc) is 3.14. The Morgan fingerprint density at radius 3 is 2.68 bits per heavy atom. The quantitative estimate of drug-likeness (QED) is 0.197. The molecule has 174 valence electrons. The Kier molecular flexibility index (Phi) is 6.31. The SMILES string of the molecule is O=C(O)c1ccc2c(c1)[C@@H]1[C@H](Cl)[C@@H](Sc3ccccc3[N+](=O)[O-])C[C@H]1[C@H](c1cccc(Br)c1)N2. The molecule has 5 rings (SSSR count). The van der Waals surface area contributed by atoms with E-state index in [2.05, 4.69) is 33.4 Å². The number of nitrogens with zero attached hydrogens (tertiary/aromatic N) is 1. The van der Waals surface area contributed by atoms with Crippen LogP contribution in [0.5, 0.6) is 0 Å². The summed E-state index contributed by atoms with van der Waals surface area (Å²) in [6.07, 6.45) is 0.733. The van der Waals surface area contributed by atoms with Gasteiger partial charge in [-0.3, -0.25) is 10.1 Å². The third-order valence-corrected chi connectivity index (χ3v) is 9.21. The number of nitro groups is 1. The van der Waals surface area contributed by atoms with Gasteiger partial charge < -0.3 is 10.4 Å². The van der Waals surface area contributed by atoms with Crippen molar-refractivity contribution in [1.82, 2.24) is 0 Å². The zero-order valence-corrected chi connectivity index (χ0v) is 20.9. The molecule has 6 nitrogen and oxygen atoms in total. The van der Waals surface area contributed by atoms with Crippen LogP contribution in [0.2, 0.25) is 0 Å². The lowest BCUT2D eigenvalue weighted by Gasteiger charge is -2.38. The Balaban J connectivity index is 1.56. The number of carbonyl (C=O) groups is 1. The van der Waals surface area contributed by atoms with E-state index < -0.39 is 5.97 Å². The largest absolute Gasteiger partial charge is 0.478 e. The summed E-state index contributed by atoms with van der Waals surface area (Å²) in [5.41, 5.74) is 3.16. The normalized spacial score (nSPS) is 25.2. The number of anilines is 1. The maximum Gasteiger partial charge on any atom is 0.335 e. The number of nitrogens with one attached hydrogen (secondary N) is 1. The zero-order valence-electron chi connectivity index (χ0n) is 17.7. The van der Waals surface area contributed by atoms with Crippen LogP contribution in [0.3, 0.4) is 0 Å². The molecule has 0 bridgehead atoms. The number of fused-ring (bicyclic) bond motifs is 3. The number of para-hydroxylation sites is 1. The predicted molar refractivity (Wildman–Crippen MR) is 137 cm³/mol. The number of carboxylic acid groups (broad SMARTS) is 1. The fourth-order valence-electron chi connectivity index (χ4n) is 5.15. The first-order chi connectivity index (χ1) is 16.3. The monoisotopic (exact) mass is 558 g/mol. The maximum absolute atomic E-state index is 11.7. The number of rotatable bonds is 5. The standard InChI is InChI=1S/C25H20BrClN2O4S/c26-15-5-3-4-13(10-15)24-17-12-21(34-20-7-2-1-6-19(20)29(32)33)23(27)22(17)16-11-14(25(30)31)8-9-18(16)28-24/h1-11,17,21-24,28H,12H2,(H,30,31)/t17-,21+,22+,23-,24+/m1/s1. The summed E-state index contributed by atoms with van der Waals surface area (Å²) < 4.78 is 0.974. The second-order valence-corrected chi connectivity index (χ2v) is 11.2. The Hall–Kier alpha value is -2.55. The summed E-state index contributed by atoms with van der Waals surface area (Å²) >= 11 is 12.1. The van der Waals surface area contributed by atoms with Crippen LogP contribution >= 0.6 is 39.3 Å². The molecule has 5 atom stereocenters. The lowest BCUT2D eigenvalue weighted by molar-refractivity contribution is -0.387. The van der Waals surface area contributed by atoms with Gasteiger partial charge in [0.1, 0.15) is 0 Å². The molecule has 0 spiro atoms. The van der Waals surface area contributed by atoms with Crippen molar-refractivity contribution in [3.63, 3.8) is 0 Å². The van der Waals surface area contributed by atoms with Crippen LogP contribution in [0, 0.1) is 16.0 Å². The third-order valence-electron chi connectivity index (χ3n) is 6.61. The Labute approximate surface area is 214 Å². The fourth-order valence-corrected chi connectivity index (χ4v) is 7.51. The molecule has 3 aromatic rings. The van der Waals surface area contributed by atoms with Crippen molar-refractivity contribution >= 4 is 56.6 Å². The number of hydrogen-bond donors (Lipinski definition) is 2. The number of benzene rings is 3. The Morgan fingerprint density at radius 1 is 1.15 bits per heavy atom. The smallest absolute Gasteiger partial charge is 0.335 e. The molecule has 9 heteroatoms. The minimum atomic E-state index is -0.983. The van der Waals surface area contributed by atoms with E-state index in [1.54, 1.807) is 30.3 Å². The number of aromatic carboxylic acids is 1. The molecule has 3 aromatic carbocycles. The first-order valence-corrected chi connectivity index (χ1v) is 12.9. The minimum absolute atomic E-state index is 0.0247. The molecular formula is C25H20BrClN2O4S. The topological polar surface area (TPSA) is 92.5 Å². The first kappa shape index (κ1) is 23.2. The first-order valence-electron chi connectivity index (χ1n) is 10.8. The van der Waals surface area contributed by atoms with Gasteiger partial charge in [0, 0.05) is 27.4 Å². The molecule has 0 radical (unpaired) electrons. The van der Waals surface area contributed by atoms with E-state index >= 15 is 0 Å². The molecule has 0 amide bonds. The highest BCUT2D eigenvalue weighted by atomic mass is 79.9. The van der Waals surface area contributed by atoms with Crippen LogP contribution in [0.25, 0.3) is 0 Å². The van der Waals surface area contributed by atoms with Gasteiger partial charge >= 0.3 is 5.97 Å². The summed E-state index contributed by atoms with van der Waals surface area (Å²) in [6, 6.07) is 19.9. The molecule has 2 aliphatic rings. The number of halogens is 2. The van der Waals surface area contributed by atoms with E-state index in [0.29, 0.717) is 4.90 Å². The lowest BCUT2D eigenvalue weighted by Crippen LogP contribution is -2.31. The van der Waals surface area contributed by atoms with Crippen molar-refractivity contribution in [2.75, 3.05) is 5.32 Å². The third kappa shape index (κ3) is 4.19. The van der Waals surface area contributed by atoms with Gasteiger partial charge in [-0.2, -0.15) is 0 Å². The molecule has 0 aromatic heterocycles. The number of carboxylic acids is 1. The molecular weight excluding hydrogens is 540 g/mol. The van der Waals surface area contributed by atoms with Crippen LogP contribution in [-0.2, 0) is 0 Å². The molecule has 1 heterocycles. The average molecular weight is 560 g/mol. The summed E-state index contributed by atoms with van der Waals surface area (Å²) in [6.45, 7) is 0. The van der Waals surface area contributed by atoms with Crippen LogP contribution < -0.4 is 5.32 Å². The van der Waals surface area contributed by atoms with Crippen molar-refractivity contribution in [2.24, 2.45) is 5.92 Å². The van der Waals surface area contributed by atoms with E-state index in [4.69, 9.17) is 11.6 Å². The maximum atomic E-state index is 11.7. The van der Waals surface area contributed by atoms with Gasteiger partial charge in [0.15, 0.2) is 0 Å². The lowest BCUT2D eigenvalue weighted by atomic mass is 9.77.